The van der Waals surface area contributed by atoms with Gasteiger partial charge in [-0.1, -0.05) is 18.2 Å². The summed E-state index contributed by atoms with van der Waals surface area (Å²) in [4.78, 5) is 36.4. The Bertz CT molecular complexity index is 1770. The second-order valence-corrected chi connectivity index (χ2v) is 11.5. The molecule has 4 rings (SSSR count). The molecule has 236 valence electrons. The van der Waals surface area contributed by atoms with Gasteiger partial charge in [-0.15, -0.1) is 0 Å². The van der Waals surface area contributed by atoms with Crippen LogP contribution >= 0.6 is 0 Å². The number of amides is 1. The van der Waals surface area contributed by atoms with Crippen molar-refractivity contribution < 1.29 is 22.4 Å². The third-order valence-corrected chi connectivity index (χ3v) is 7.84. The number of carbonyl (C=O) groups excluding carboxylic acids is 1. The standard InChI is InChI=1S/C34H35F4N5O2/c1-21(2)41(22(3)4)16-17-42(31(44)19-25-12-15-28(29(35)18-25)34(36,37)38)23(5)32-40-30-9-7-6-8-27(30)33(45)43(32)26-13-10-24(20-39)11-14-26/h6-15,18,21-23H,16-17,19H2,1-5H3/t23-/m1/s1. The Kier molecular flexibility index (Phi) is 10.1. The van der Waals surface area contributed by atoms with E-state index in [0.29, 0.717) is 34.8 Å². The first kappa shape index (κ1) is 33.3. The van der Waals surface area contributed by atoms with Crippen molar-refractivity contribution in [1.29, 1.82) is 5.26 Å². The molecule has 0 fully saturated rings. The third-order valence-electron chi connectivity index (χ3n) is 7.84. The molecule has 1 amide bonds. The van der Waals surface area contributed by atoms with Gasteiger partial charge in [-0.3, -0.25) is 19.1 Å². The Hall–Kier alpha value is -4.56. The highest BCUT2D eigenvalue weighted by molar-refractivity contribution is 5.80. The largest absolute Gasteiger partial charge is 0.419 e. The molecule has 45 heavy (non-hydrogen) atoms. The van der Waals surface area contributed by atoms with Gasteiger partial charge in [0.25, 0.3) is 5.56 Å². The van der Waals surface area contributed by atoms with E-state index in [9.17, 15) is 32.4 Å². The van der Waals surface area contributed by atoms with Crippen LogP contribution in [0.2, 0.25) is 0 Å². The van der Waals surface area contributed by atoms with Gasteiger partial charge in [0.15, 0.2) is 0 Å². The summed E-state index contributed by atoms with van der Waals surface area (Å²) < 4.78 is 55.3. The van der Waals surface area contributed by atoms with Crippen molar-refractivity contribution in [3.8, 4) is 11.8 Å². The van der Waals surface area contributed by atoms with Crippen molar-refractivity contribution in [3.63, 3.8) is 0 Å². The molecule has 0 spiro atoms. The van der Waals surface area contributed by atoms with Gasteiger partial charge in [0.05, 0.1) is 46.2 Å². The number of hydrogen-bond donors (Lipinski definition) is 0. The van der Waals surface area contributed by atoms with E-state index >= 15 is 0 Å². The van der Waals surface area contributed by atoms with Crippen LogP contribution in [-0.4, -0.2) is 50.4 Å². The lowest BCUT2D eigenvalue weighted by atomic mass is 10.1. The number of halogens is 4. The number of para-hydroxylation sites is 1. The number of rotatable bonds is 10. The van der Waals surface area contributed by atoms with Gasteiger partial charge >= 0.3 is 6.18 Å². The van der Waals surface area contributed by atoms with Gasteiger partial charge in [-0.05, 0) is 88.7 Å². The predicted octanol–water partition coefficient (Wildman–Crippen LogP) is 6.67. The van der Waals surface area contributed by atoms with Crippen molar-refractivity contribution in [2.45, 2.75) is 65.3 Å². The summed E-state index contributed by atoms with van der Waals surface area (Å²) in [5.74, 6) is -1.66. The summed E-state index contributed by atoms with van der Waals surface area (Å²) in [6.07, 6.45) is -5.22. The van der Waals surface area contributed by atoms with Gasteiger partial charge < -0.3 is 4.90 Å². The minimum Gasteiger partial charge on any atom is -0.331 e. The van der Waals surface area contributed by atoms with Crippen molar-refractivity contribution in [2.75, 3.05) is 13.1 Å². The molecule has 1 atom stereocenters. The molecule has 0 saturated carbocycles. The lowest BCUT2D eigenvalue weighted by Crippen LogP contribution is -2.46. The third kappa shape index (κ3) is 7.40. The Morgan fingerprint density at radius 1 is 0.956 bits per heavy atom. The van der Waals surface area contributed by atoms with Crippen LogP contribution in [0.3, 0.4) is 0 Å². The van der Waals surface area contributed by atoms with E-state index < -0.39 is 29.5 Å². The van der Waals surface area contributed by atoms with Crippen LogP contribution < -0.4 is 5.56 Å². The van der Waals surface area contributed by atoms with Crippen molar-refractivity contribution in [1.82, 2.24) is 19.4 Å². The zero-order valence-corrected chi connectivity index (χ0v) is 25.8. The quantitative estimate of drug-likeness (QED) is 0.185. The topological polar surface area (TPSA) is 82.2 Å². The summed E-state index contributed by atoms with van der Waals surface area (Å²) in [6, 6.07) is 17.3. The van der Waals surface area contributed by atoms with E-state index in [1.807, 2.05) is 27.7 Å². The van der Waals surface area contributed by atoms with E-state index in [0.717, 1.165) is 12.1 Å². The van der Waals surface area contributed by atoms with Crippen LogP contribution in [0.15, 0.2) is 71.5 Å². The molecule has 0 aliphatic heterocycles. The second kappa shape index (κ2) is 13.6. The van der Waals surface area contributed by atoms with E-state index in [4.69, 9.17) is 4.98 Å². The van der Waals surface area contributed by atoms with Gasteiger partial charge in [0.1, 0.15) is 11.6 Å². The monoisotopic (exact) mass is 621 g/mol. The van der Waals surface area contributed by atoms with Gasteiger partial charge in [0, 0.05) is 25.2 Å². The van der Waals surface area contributed by atoms with E-state index in [1.54, 1.807) is 55.5 Å². The van der Waals surface area contributed by atoms with Crippen molar-refractivity contribution in [2.24, 2.45) is 0 Å². The molecule has 1 aromatic heterocycles. The normalized spacial score (nSPS) is 12.6. The van der Waals surface area contributed by atoms with Crippen LogP contribution in [0.1, 0.15) is 63.2 Å². The number of fused-ring (bicyclic) bond motifs is 1. The molecular weight excluding hydrogens is 586 g/mol. The highest BCUT2D eigenvalue weighted by Crippen LogP contribution is 2.32. The maximum atomic E-state index is 14.4. The summed E-state index contributed by atoms with van der Waals surface area (Å²) in [5.41, 5.74) is -0.406. The average Bonchev–Trinajstić information content (AvgIpc) is 2.98. The first-order valence-electron chi connectivity index (χ1n) is 14.7. The smallest absolute Gasteiger partial charge is 0.331 e. The Morgan fingerprint density at radius 2 is 1.60 bits per heavy atom. The molecule has 0 aliphatic carbocycles. The van der Waals surface area contributed by atoms with Gasteiger partial charge in [-0.2, -0.15) is 18.4 Å². The summed E-state index contributed by atoms with van der Waals surface area (Å²) in [6.45, 7) is 10.5. The van der Waals surface area contributed by atoms with E-state index in [1.165, 1.54) is 9.47 Å². The molecule has 0 bridgehead atoms. The molecular formula is C34H35F4N5O2. The van der Waals surface area contributed by atoms with Crippen molar-refractivity contribution >= 4 is 16.8 Å². The number of alkyl halides is 3. The number of aromatic nitrogens is 2. The predicted molar refractivity (Wildman–Crippen MR) is 164 cm³/mol. The Morgan fingerprint density at radius 3 is 2.18 bits per heavy atom. The zero-order chi connectivity index (χ0) is 33.1. The molecule has 0 N–H and O–H groups in total. The minimum atomic E-state index is -4.86. The number of hydrogen-bond acceptors (Lipinski definition) is 5. The number of nitrogens with zero attached hydrogens (tertiary/aromatic N) is 5. The van der Waals surface area contributed by atoms with Crippen LogP contribution in [-0.2, 0) is 17.4 Å². The summed E-state index contributed by atoms with van der Waals surface area (Å²) >= 11 is 0. The first-order valence-corrected chi connectivity index (χ1v) is 14.7. The molecule has 1 heterocycles. The number of nitriles is 1. The maximum Gasteiger partial charge on any atom is 0.419 e. The lowest BCUT2D eigenvalue weighted by molar-refractivity contribution is -0.140. The number of benzene rings is 3. The first-order chi connectivity index (χ1) is 21.2. The van der Waals surface area contributed by atoms with E-state index in [2.05, 4.69) is 11.0 Å². The number of carbonyl (C=O) groups is 1. The lowest BCUT2D eigenvalue weighted by Gasteiger charge is -2.36. The highest BCUT2D eigenvalue weighted by Gasteiger charge is 2.34. The second-order valence-electron chi connectivity index (χ2n) is 11.5. The molecule has 11 heteroatoms. The fourth-order valence-corrected chi connectivity index (χ4v) is 5.55. The molecule has 0 unspecified atom stereocenters. The molecule has 0 saturated heterocycles. The molecule has 7 nitrogen and oxygen atoms in total. The molecule has 4 aromatic rings. The minimum absolute atomic E-state index is 0.0863. The van der Waals surface area contributed by atoms with Gasteiger partial charge in [0.2, 0.25) is 5.91 Å². The SMILES string of the molecule is CC(C)N(CCN(C(=O)Cc1ccc(C(F)(F)F)c(F)c1)[C@H](C)c1nc2ccccc2c(=O)n1-c1ccc(C#N)cc1)C(C)C. The summed E-state index contributed by atoms with van der Waals surface area (Å²) in [5, 5.41) is 9.65. The van der Waals surface area contributed by atoms with Crippen LogP contribution in [0.25, 0.3) is 16.6 Å². The fraction of sp³-hybridized carbons (Fsp3) is 0.353. The Labute approximate surface area is 259 Å². The maximum absolute atomic E-state index is 14.4. The molecule has 3 aromatic carbocycles. The van der Waals surface area contributed by atoms with Gasteiger partial charge in [-0.25, -0.2) is 9.37 Å². The molecule has 0 aliphatic rings. The summed E-state index contributed by atoms with van der Waals surface area (Å²) in [7, 11) is 0. The fourth-order valence-electron chi connectivity index (χ4n) is 5.55. The Balaban J connectivity index is 1.82. The van der Waals surface area contributed by atoms with Crippen LogP contribution in [0.4, 0.5) is 17.6 Å². The highest BCUT2D eigenvalue weighted by atomic mass is 19.4. The molecule has 0 radical (unpaired) electrons. The van der Waals surface area contributed by atoms with Crippen LogP contribution in [0.5, 0.6) is 0 Å². The van der Waals surface area contributed by atoms with E-state index in [-0.39, 0.29) is 42.0 Å². The average molecular weight is 622 g/mol. The zero-order valence-electron chi connectivity index (χ0n) is 25.8. The van der Waals surface area contributed by atoms with Crippen LogP contribution in [0, 0.1) is 17.1 Å². The van der Waals surface area contributed by atoms with Crippen molar-refractivity contribution in [3.05, 3.63) is 105 Å².